The van der Waals surface area contributed by atoms with Crippen molar-refractivity contribution in [1.82, 2.24) is 10.9 Å². The van der Waals surface area contributed by atoms with Gasteiger partial charge in [0.1, 0.15) is 18.8 Å². The number of nitrogens with one attached hydrogen (secondary N) is 2. The second kappa shape index (κ2) is 5.51. The van der Waals surface area contributed by atoms with Crippen LogP contribution in [0.25, 0.3) is 0 Å². The SMILES string of the molecule is O=C(NNC(=O)C1CC1)c1cc2c(cc1[N+](=O)[O-])OCCO2. The first-order chi connectivity index (χ1) is 10.6. The summed E-state index contributed by atoms with van der Waals surface area (Å²) in [5.74, 6) is -0.686. The van der Waals surface area contributed by atoms with Crippen LogP contribution in [0.5, 0.6) is 11.5 Å². The van der Waals surface area contributed by atoms with Crippen LogP contribution in [0, 0.1) is 16.0 Å². The first kappa shape index (κ1) is 14.1. The van der Waals surface area contributed by atoms with Gasteiger partial charge < -0.3 is 9.47 Å². The van der Waals surface area contributed by atoms with E-state index in [0.29, 0.717) is 6.61 Å². The molecule has 2 amide bonds. The first-order valence-electron chi connectivity index (χ1n) is 6.74. The highest BCUT2D eigenvalue weighted by Crippen LogP contribution is 2.36. The third-order valence-corrected chi connectivity index (χ3v) is 3.35. The fraction of sp³-hybridized carbons (Fsp3) is 0.385. The van der Waals surface area contributed by atoms with E-state index in [0.717, 1.165) is 18.9 Å². The van der Waals surface area contributed by atoms with Gasteiger partial charge in [-0.05, 0) is 12.8 Å². The van der Waals surface area contributed by atoms with Gasteiger partial charge in [-0.1, -0.05) is 0 Å². The second-order valence-electron chi connectivity index (χ2n) is 4.99. The molecular weight excluding hydrogens is 294 g/mol. The summed E-state index contributed by atoms with van der Waals surface area (Å²) >= 11 is 0. The Balaban J connectivity index is 1.82. The van der Waals surface area contributed by atoms with Gasteiger partial charge in [-0.15, -0.1) is 0 Å². The highest BCUT2D eigenvalue weighted by Gasteiger charge is 2.31. The molecular formula is C13H13N3O6. The minimum atomic E-state index is -0.780. The van der Waals surface area contributed by atoms with Gasteiger partial charge in [-0.3, -0.25) is 30.6 Å². The second-order valence-corrected chi connectivity index (χ2v) is 4.99. The summed E-state index contributed by atoms with van der Waals surface area (Å²) in [5, 5.41) is 11.1. The summed E-state index contributed by atoms with van der Waals surface area (Å²) in [5.41, 5.74) is 3.82. The van der Waals surface area contributed by atoms with Crippen molar-refractivity contribution in [1.29, 1.82) is 0 Å². The minimum Gasteiger partial charge on any atom is -0.486 e. The van der Waals surface area contributed by atoms with Crippen LogP contribution in [0.2, 0.25) is 0 Å². The molecule has 0 bridgehead atoms. The van der Waals surface area contributed by atoms with Gasteiger partial charge in [0.25, 0.3) is 11.6 Å². The number of hydrogen-bond donors (Lipinski definition) is 2. The quantitative estimate of drug-likeness (QED) is 0.621. The van der Waals surface area contributed by atoms with Crippen molar-refractivity contribution in [3.8, 4) is 11.5 Å². The predicted octanol–water partition coefficient (Wildman–Crippen LogP) is 0.537. The minimum absolute atomic E-state index is 0.0875. The molecule has 2 aliphatic rings. The normalized spacial score (nSPS) is 15.8. The van der Waals surface area contributed by atoms with Crippen molar-refractivity contribution >= 4 is 17.5 Å². The van der Waals surface area contributed by atoms with E-state index in [1.54, 1.807) is 0 Å². The molecule has 1 aliphatic carbocycles. The maximum atomic E-state index is 12.1. The molecule has 0 radical (unpaired) electrons. The number of carbonyl (C=O) groups excluding carboxylic acids is 2. The van der Waals surface area contributed by atoms with Gasteiger partial charge in [0.15, 0.2) is 11.5 Å². The number of rotatable bonds is 3. The smallest absolute Gasteiger partial charge is 0.286 e. The molecule has 1 aromatic rings. The average molecular weight is 307 g/mol. The fourth-order valence-electron chi connectivity index (χ4n) is 2.04. The van der Waals surface area contributed by atoms with Crippen LogP contribution in [0.4, 0.5) is 5.69 Å². The van der Waals surface area contributed by atoms with Crippen LogP contribution in [-0.4, -0.2) is 30.0 Å². The molecule has 0 aromatic heterocycles. The fourth-order valence-corrected chi connectivity index (χ4v) is 2.04. The highest BCUT2D eigenvalue weighted by atomic mass is 16.6. The van der Waals surface area contributed by atoms with Crippen LogP contribution in [-0.2, 0) is 4.79 Å². The predicted molar refractivity (Wildman–Crippen MR) is 72.4 cm³/mol. The van der Waals surface area contributed by atoms with Crippen molar-refractivity contribution in [3.05, 3.63) is 27.8 Å². The number of fused-ring (bicyclic) bond motifs is 1. The molecule has 1 aromatic carbocycles. The monoisotopic (exact) mass is 307 g/mol. The summed E-state index contributed by atoms with van der Waals surface area (Å²) in [4.78, 5) is 34.0. The van der Waals surface area contributed by atoms with Crippen LogP contribution >= 0.6 is 0 Å². The molecule has 0 saturated heterocycles. The summed E-state index contributed by atoms with van der Waals surface area (Å²) in [6, 6.07) is 2.39. The summed E-state index contributed by atoms with van der Waals surface area (Å²) < 4.78 is 10.6. The Morgan fingerprint density at radius 1 is 1.14 bits per heavy atom. The lowest BCUT2D eigenvalue weighted by atomic mass is 10.1. The number of benzene rings is 1. The van der Waals surface area contributed by atoms with Crippen LogP contribution < -0.4 is 20.3 Å². The van der Waals surface area contributed by atoms with E-state index in [9.17, 15) is 19.7 Å². The van der Waals surface area contributed by atoms with Gasteiger partial charge in [-0.25, -0.2) is 0 Å². The molecule has 1 fully saturated rings. The van der Waals surface area contributed by atoms with Crippen LogP contribution in [0.3, 0.4) is 0 Å². The number of carbonyl (C=O) groups is 2. The molecule has 2 N–H and O–H groups in total. The number of ether oxygens (including phenoxy) is 2. The topological polar surface area (TPSA) is 120 Å². The Morgan fingerprint density at radius 3 is 2.36 bits per heavy atom. The van der Waals surface area contributed by atoms with Crippen LogP contribution in [0.1, 0.15) is 23.2 Å². The number of nitro groups is 1. The third kappa shape index (κ3) is 2.78. The molecule has 0 unspecified atom stereocenters. The van der Waals surface area contributed by atoms with E-state index >= 15 is 0 Å². The molecule has 0 atom stereocenters. The lowest BCUT2D eigenvalue weighted by molar-refractivity contribution is -0.385. The zero-order chi connectivity index (χ0) is 15.7. The Labute approximate surface area is 124 Å². The van der Waals surface area contributed by atoms with Gasteiger partial charge in [-0.2, -0.15) is 0 Å². The van der Waals surface area contributed by atoms with E-state index in [1.165, 1.54) is 6.07 Å². The Kier molecular flexibility index (Phi) is 3.53. The molecule has 1 heterocycles. The van der Waals surface area contributed by atoms with Crippen molar-refractivity contribution in [2.45, 2.75) is 12.8 Å². The van der Waals surface area contributed by atoms with E-state index < -0.39 is 16.5 Å². The molecule has 22 heavy (non-hydrogen) atoms. The maximum absolute atomic E-state index is 12.1. The van der Waals surface area contributed by atoms with Gasteiger partial charge >= 0.3 is 0 Å². The Hall–Kier alpha value is -2.84. The lowest BCUT2D eigenvalue weighted by Gasteiger charge is -2.18. The first-order valence-corrected chi connectivity index (χ1v) is 6.74. The van der Waals surface area contributed by atoms with Crippen molar-refractivity contribution in [2.75, 3.05) is 13.2 Å². The Bertz CT molecular complexity index is 655. The molecule has 0 spiro atoms. The molecule has 9 nitrogen and oxygen atoms in total. The van der Waals surface area contributed by atoms with E-state index in [1.807, 2.05) is 0 Å². The standard InChI is InChI=1S/C13H13N3O6/c17-12(7-1-2-7)14-15-13(18)8-5-10-11(22-4-3-21-10)6-9(8)16(19)20/h5-7H,1-4H2,(H,14,17)(H,15,18). The van der Waals surface area contributed by atoms with Crippen molar-refractivity contribution in [2.24, 2.45) is 5.92 Å². The third-order valence-electron chi connectivity index (χ3n) is 3.35. The van der Waals surface area contributed by atoms with E-state index in [4.69, 9.17) is 9.47 Å². The average Bonchev–Trinajstić information content (AvgIpc) is 3.35. The summed E-state index contributed by atoms with van der Waals surface area (Å²) in [6.07, 6.45) is 1.57. The van der Waals surface area contributed by atoms with Crippen molar-refractivity contribution in [3.63, 3.8) is 0 Å². The van der Waals surface area contributed by atoms with Gasteiger partial charge in [0, 0.05) is 12.0 Å². The number of nitrogens with zero attached hydrogens (tertiary/aromatic N) is 1. The summed E-state index contributed by atoms with van der Waals surface area (Å²) in [7, 11) is 0. The number of nitro benzene ring substituents is 1. The molecule has 3 rings (SSSR count). The molecule has 116 valence electrons. The molecule has 9 heteroatoms. The zero-order valence-electron chi connectivity index (χ0n) is 11.5. The highest BCUT2D eigenvalue weighted by molar-refractivity contribution is 6.00. The van der Waals surface area contributed by atoms with Gasteiger partial charge in [0.2, 0.25) is 5.91 Å². The maximum Gasteiger partial charge on any atom is 0.286 e. The number of amides is 2. The number of hydrazine groups is 1. The van der Waals surface area contributed by atoms with E-state index in [2.05, 4.69) is 10.9 Å². The van der Waals surface area contributed by atoms with Crippen LogP contribution in [0.15, 0.2) is 12.1 Å². The number of hydrogen-bond acceptors (Lipinski definition) is 6. The lowest BCUT2D eigenvalue weighted by Crippen LogP contribution is -2.42. The molecule has 1 saturated carbocycles. The largest absolute Gasteiger partial charge is 0.486 e. The van der Waals surface area contributed by atoms with Gasteiger partial charge in [0.05, 0.1) is 11.0 Å². The zero-order valence-corrected chi connectivity index (χ0v) is 11.5. The van der Waals surface area contributed by atoms with E-state index in [-0.39, 0.29) is 35.5 Å². The Morgan fingerprint density at radius 2 is 1.77 bits per heavy atom. The summed E-state index contributed by atoms with van der Waals surface area (Å²) in [6.45, 7) is 0.581. The molecule has 1 aliphatic heterocycles. The van der Waals surface area contributed by atoms with Crippen molar-refractivity contribution < 1.29 is 24.0 Å².